The Balaban J connectivity index is 1.69. The molecule has 0 radical (unpaired) electrons. The van der Waals surface area contributed by atoms with Gasteiger partial charge in [-0.05, 0) is 43.3 Å². The first-order valence-corrected chi connectivity index (χ1v) is 8.79. The van der Waals surface area contributed by atoms with Crippen LogP contribution in [-0.4, -0.2) is 25.0 Å². The number of ether oxygens (including phenoxy) is 2. The molecule has 7 heteroatoms. The number of hydrogen-bond donors (Lipinski definition) is 1. The van der Waals surface area contributed by atoms with Crippen LogP contribution in [0.25, 0.3) is 0 Å². The molecule has 1 amide bonds. The van der Waals surface area contributed by atoms with E-state index in [1.54, 1.807) is 42.5 Å². The summed E-state index contributed by atoms with van der Waals surface area (Å²) in [5, 5.41) is 2.74. The Hall–Kier alpha value is -3.87. The summed E-state index contributed by atoms with van der Waals surface area (Å²) in [4.78, 5) is 36.4. The smallest absolute Gasteiger partial charge is 0.373 e. The third kappa shape index (κ3) is 4.90. The number of esters is 2. The van der Waals surface area contributed by atoms with E-state index in [1.165, 1.54) is 19.2 Å². The standard InChI is InChI=1S/C22H19NO6/c1-14-6-5-7-15(12-14)20(24)23-18-9-4-3-8-17(18)21(25)28-13-16-10-11-19(29-16)22(26)27-2/h3-12H,13H2,1-2H3,(H,23,24). The quantitative estimate of drug-likeness (QED) is 0.637. The van der Waals surface area contributed by atoms with Gasteiger partial charge in [0.1, 0.15) is 12.4 Å². The van der Waals surface area contributed by atoms with Gasteiger partial charge in [0.05, 0.1) is 18.4 Å². The maximum Gasteiger partial charge on any atom is 0.373 e. The van der Waals surface area contributed by atoms with E-state index in [2.05, 4.69) is 10.1 Å². The van der Waals surface area contributed by atoms with Crippen LogP contribution in [0.4, 0.5) is 5.69 Å². The van der Waals surface area contributed by atoms with E-state index in [0.717, 1.165) is 5.56 Å². The Morgan fingerprint density at radius 3 is 2.52 bits per heavy atom. The number of aryl methyl sites for hydroxylation is 1. The molecule has 0 spiro atoms. The normalized spacial score (nSPS) is 10.3. The summed E-state index contributed by atoms with van der Waals surface area (Å²) in [6.07, 6.45) is 0. The van der Waals surface area contributed by atoms with Gasteiger partial charge >= 0.3 is 11.9 Å². The number of carbonyl (C=O) groups is 3. The van der Waals surface area contributed by atoms with Gasteiger partial charge in [0.25, 0.3) is 5.91 Å². The Bertz CT molecular complexity index is 1050. The summed E-state index contributed by atoms with van der Waals surface area (Å²) in [5.74, 6) is -1.28. The van der Waals surface area contributed by atoms with Crippen molar-refractivity contribution in [3.8, 4) is 0 Å². The number of nitrogens with one attached hydrogen (secondary N) is 1. The van der Waals surface area contributed by atoms with E-state index < -0.39 is 11.9 Å². The van der Waals surface area contributed by atoms with Crippen molar-refractivity contribution in [1.82, 2.24) is 0 Å². The molecule has 0 bridgehead atoms. The highest BCUT2D eigenvalue weighted by Gasteiger charge is 2.17. The van der Waals surface area contributed by atoms with Crippen LogP contribution in [0.5, 0.6) is 0 Å². The Labute approximate surface area is 167 Å². The molecule has 0 saturated heterocycles. The second kappa shape index (κ2) is 8.88. The van der Waals surface area contributed by atoms with Gasteiger partial charge in [0.2, 0.25) is 5.76 Å². The van der Waals surface area contributed by atoms with Crippen molar-refractivity contribution >= 4 is 23.5 Å². The van der Waals surface area contributed by atoms with E-state index in [-0.39, 0.29) is 23.8 Å². The van der Waals surface area contributed by atoms with Crippen molar-refractivity contribution in [1.29, 1.82) is 0 Å². The molecule has 0 aliphatic carbocycles. The SMILES string of the molecule is COC(=O)c1ccc(COC(=O)c2ccccc2NC(=O)c2cccc(C)c2)o1. The summed E-state index contributed by atoms with van der Waals surface area (Å²) in [6.45, 7) is 1.72. The van der Waals surface area contributed by atoms with Gasteiger partial charge in [-0.1, -0.05) is 29.8 Å². The lowest BCUT2D eigenvalue weighted by molar-refractivity contribution is 0.0439. The van der Waals surface area contributed by atoms with Crippen LogP contribution in [0, 0.1) is 6.92 Å². The molecule has 7 nitrogen and oxygen atoms in total. The van der Waals surface area contributed by atoms with Gasteiger partial charge in [-0.3, -0.25) is 4.79 Å². The molecule has 2 aromatic carbocycles. The number of furan rings is 1. The van der Waals surface area contributed by atoms with Crippen LogP contribution < -0.4 is 5.32 Å². The van der Waals surface area contributed by atoms with Crippen molar-refractivity contribution in [2.24, 2.45) is 0 Å². The largest absolute Gasteiger partial charge is 0.463 e. The second-order valence-corrected chi connectivity index (χ2v) is 6.20. The second-order valence-electron chi connectivity index (χ2n) is 6.20. The zero-order chi connectivity index (χ0) is 20.8. The Morgan fingerprint density at radius 2 is 1.76 bits per heavy atom. The molecule has 1 N–H and O–H groups in total. The maximum absolute atomic E-state index is 12.5. The summed E-state index contributed by atoms with van der Waals surface area (Å²) in [7, 11) is 1.24. The van der Waals surface area contributed by atoms with Gasteiger partial charge in [-0.2, -0.15) is 0 Å². The van der Waals surface area contributed by atoms with E-state index in [4.69, 9.17) is 9.15 Å². The van der Waals surface area contributed by atoms with Crippen molar-refractivity contribution in [3.05, 3.63) is 88.9 Å². The zero-order valence-corrected chi connectivity index (χ0v) is 15.9. The molecule has 29 heavy (non-hydrogen) atoms. The predicted molar refractivity (Wildman–Crippen MR) is 105 cm³/mol. The summed E-state index contributed by atoms with van der Waals surface area (Å²) in [6, 6.07) is 16.6. The van der Waals surface area contributed by atoms with Crippen LogP contribution in [0.2, 0.25) is 0 Å². The Kier molecular flexibility index (Phi) is 6.09. The van der Waals surface area contributed by atoms with Crippen molar-refractivity contribution < 1.29 is 28.3 Å². The van der Waals surface area contributed by atoms with Gasteiger partial charge in [0.15, 0.2) is 0 Å². The summed E-state index contributed by atoms with van der Waals surface area (Å²) in [5.41, 5.74) is 1.97. The predicted octanol–water partition coefficient (Wildman–Crippen LogP) is 3.98. The minimum atomic E-state index is -0.638. The van der Waals surface area contributed by atoms with E-state index in [1.807, 2.05) is 13.0 Å². The molecule has 0 saturated carbocycles. The number of amides is 1. The van der Waals surface area contributed by atoms with Gasteiger partial charge in [-0.15, -0.1) is 0 Å². The monoisotopic (exact) mass is 393 g/mol. The average Bonchev–Trinajstić information content (AvgIpc) is 3.21. The minimum Gasteiger partial charge on any atom is -0.463 e. The molecule has 0 aliphatic heterocycles. The van der Waals surface area contributed by atoms with Crippen LogP contribution in [0.3, 0.4) is 0 Å². The van der Waals surface area contributed by atoms with E-state index in [9.17, 15) is 14.4 Å². The fraction of sp³-hybridized carbons (Fsp3) is 0.136. The first kappa shape index (κ1) is 19.9. The third-order valence-electron chi connectivity index (χ3n) is 4.07. The molecule has 3 rings (SSSR count). The molecule has 148 valence electrons. The molecular weight excluding hydrogens is 374 g/mol. The molecule has 0 aliphatic rings. The Morgan fingerprint density at radius 1 is 0.966 bits per heavy atom. The number of methoxy groups -OCH3 is 1. The van der Waals surface area contributed by atoms with Crippen LogP contribution in [-0.2, 0) is 16.1 Å². The van der Waals surface area contributed by atoms with Crippen molar-refractivity contribution in [2.45, 2.75) is 13.5 Å². The van der Waals surface area contributed by atoms with Crippen LogP contribution in [0.1, 0.15) is 42.6 Å². The lowest BCUT2D eigenvalue weighted by atomic mass is 10.1. The fourth-order valence-corrected chi connectivity index (χ4v) is 2.63. The summed E-state index contributed by atoms with van der Waals surface area (Å²) >= 11 is 0. The number of hydrogen-bond acceptors (Lipinski definition) is 6. The molecule has 1 heterocycles. The van der Waals surface area contributed by atoms with Crippen LogP contribution in [0.15, 0.2) is 65.1 Å². The topological polar surface area (TPSA) is 94.8 Å². The van der Waals surface area contributed by atoms with Crippen molar-refractivity contribution in [3.63, 3.8) is 0 Å². The number of benzene rings is 2. The highest BCUT2D eigenvalue weighted by atomic mass is 16.5. The number of anilines is 1. The highest BCUT2D eigenvalue weighted by molar-refractivity contribution is 6.08. The molecule has 0 atom stereocenters. The minimum absolute atomic E-state index is 0.0179. The van der Waals surface area contributed by atoms with Gasteiger partial charge in [-0.25, -0.2) is 9.59 Å². The molecule has 3 aromatic rings. The first-order valence-electron chi connectivity index (χ1n) is 8.79. The molecule has 0 unspecified atom stereocenters. The molecule has 0 fully saturated rings. The molecular formula is C22H19NO6. The van der Waals surface area contributed by atoms with Gasteiger partial charge in [0, 0.05) is 5.56 Å². The lowest BCUT2D eigenvalue weighted by Crippen LogP contribution is -2.16. The fourth-order valence-electron chi connectivity index (χ4n) is 2.63. The maximum atomic E-state index is 12.5. The van der Waals surface area contributed by atoms with E-state index in [0.29, 0.717) is 17.0 Å². The van der Waals surface area contributed by atoms with Crippen molar-refractivity contribution in [2.75, 3.05) is 12.4 Å². The number of para-hydroxylation sites is 1. The lowest BCUT2D eigenvalue weighted by Gasteiger charge is -2.11. The van der Waals surface area contributed by atoms with Gasteiger partial charge < -0.3 is 19.2 Å². The zero-order valence-electron chi connectivity index (χ0n) is 15.9. The average molecular weight is 393 g/mol. The number of carbonyl (C=O) groups excluding carboxylic acids is 3. The first-order chi connectivity index (χ1) is 14.0. The number of rotatable bonds is 6. The molecule has 1 aromatic heterocycles. The van der Waals surface area contributed by atoms with Crippen LogP contribution >= 0.6 is 0 Å². The summed E-state index contributed by atoms with van der Waals surface area (Å²) < 4.78 is 15.1. The van der Waals surface area contributed by atoms with E-state index >= 15 is 0 Å². The highest BCUT2D eigenvalue weighted by Crippen LogP contribution is 2.19. The third-order valence-corrected chi connectivity index (χ3v) is 4.07.